The maximum Gasteiger partial charge on any atom is 0.321 e. The van der Waals surface area contributed by atoms with Crippen LogP contribution in [0, 0.1) is 11.6 Å². The van der Waals surface area contributed by atoms with Crippen LogP contribution in [0.3, 0.4) is 0 Å². The van der Waals surface area contributed by atoms with Gasteiger partial charge in [0.05, 0.1) is 18.1 Å². The van der Waals surface area contributed by atoms with E-state index in [-0.39, 0.29) is 12.0 Å². The van der Waals surface area contributed by atoms with Crippen molar-refractivity contribution < 1.29 is 18.7 Å². The number of benzene rings is 1. The van der Waals surface area contributed by atoms with Crippen LogP contribution >= 0.6 is 0 Å². The molecule has 20 heavy (non-hydrogen) atoms. The minimum atomic E-state index is -1.05. The van der Waals surface area contributed by atoms with Crippen LogP contribution < -0.4 is 5.32 Å². The van der Waals surface area contributed by atoms with E-state index < -0.39 is 29.7 Å². The Balaban J connectivity index is 2.08. The fourth-order valence-electron chi connectivity index (χ4n) is 2.42. The average molecular weight is 279 g/mol. The van der Waals surface area contributed by atoms with Gasteiger partial charge < -0.3 is 10.1 Å². The summed E-state index contributed by atoms with van der Waals surface area (Å²) in [4.78, 5) is 18.1. The standard InChI is InChI=1S/C13H11F2N3O2/c14-6-1-2-8(15)7(3-6)11-12-9(16-5-17-12)4-10(18-11)13(19)20/h1-3,5,10-11,18H,4H2,(H,16,17)(H,19,20). The van der Waals surface area contributed by atoms with Crippen LogP contribution in [0.2, 0.25) is 0 Å². The molecule has 1 aromatic heterocycles. The quantitative estimate of drug-likeness (QED) is 0.776. The number of aromatic amines is 1. The number of imidazole rings is 1. The Hall–Kier alpha value is -2.28. The van der Waals surface area contributed by atoms with Gasteiger partial charge in [0.2, 0.25) is 0 Å². The molecule has 7 heteroatoms. The lowest BCUT2D eigenvalue weighted by molar-refractivity contribution is -0.139. The second-order valence-electron chi connectivity index (χ2n) is 4.63. The number of rotatable bonds is 2. The summed E-state index contributed by atoms with van der Waals surface area (Å²) in [5, 5.41) is 11.9. The van der Waals surface area contributed by atoms with Crippen LogP contribution in [0.4, 0.5) is 8.78 Å². The highest BCUT2D eigenvalue weighted by Gasteiger charge is 2.34. The molecule has 0 saturated carbocycles. The Kier molecular flexibility index (Phi) is 2.98. The summed E-state index contributed by atoms with van der Waals surface area (Å²) in [6.07, 6.45) is 1.64. The van der Waals surface area contributed by atoms with Crippen LogP contribution in [0.15, 0.2) is 24.5 Å². The molecule has 0 fully saturated rings. The van der Waals surface area contributed by atoms with Gasteiger partial charge in [-0.05, 0) is 18.2 Å². The first-order valence-electron chi connectivity index (χ1n) is 6.02. The molecule has 1 aliphatic heterocycles. The summed E-state index contributed by atoms with van der Waals surface area (Å²) in [6.45, 7) is 0. The molecule has 2 unspecified atom stereocenters. The molecular formula is C13H11F2N3O2. The molecule has 0 spiro atoms. The Morgan fingerprint density at radius 1 is 1.40 bits per heavy atom. The summed E-state index contributed by atoms with van der Waals surface area (Å²) < 4.78 is 27.2. The Morgan fingerprint density at radius 2 is 2.20 bits per heavy atom. The predicted molar refractivity (Wildman–Crippen MR) is 65.1 cm³/mol. The number of aromatic nitrogens is 2. The SMILES string of the molecule is O=C(O)C1Cc2[nH]cnc2C(c2cc(F)ccc2F)N1. The van der Waals surface area contributed by atoms with Crippen molar-refractivity contribution in [2.75, 3.05) is 0 Å². The minimum Gasteiger partial charge on any atom is -0.480 e. The van der Waals surface area contributed by atoms with Crippen LogP contribution in [0.5, 0.6) is 0 Å². The van der Waals surface area contributed by atoms with E-state index in [1.165, 1.54) is 6.33 Å². The number of nitrogens with one attached hydrogen (secondary N) is 2. The normalized spacial score (nSPS) is 21.5. The number of carbonyl (C=O) groups is 1. The third-order valence-corrected chi connectivity index (χ3v) is 3.37. The van der Waals surface area contributed by atoms with E-state index in [4.69, 9.17) is 5.11 Å². The molecular weight excluding hydrogens is 268 g/mol. The maximum absolute atomic E-state index is 13.9. The molecule has 1 aliphatic rings. The van der Waals surface area contributed by atoms with Crippen molar-refractivity contribution in [2.45, 2.75) is 18.5 Å². The van der Waals surface area contributed by atoms with E-state index in [0.717, 1.165) is 18.2 Å². The van der Waals surface area contributed by atoms with Crippen molar-refractivity contribution in [1.82, 2.24) is 15.3 Å². The largest absolute Gasteiger partial charge is 0.480 e. The summed E-state index contributed by atoms with van der Waals surface area (Å²) in [7, 11) is 0. The van der Waals surface area contributed by atoms with Crippen LogP contribution in [0.25, 0.3) is 0 Å². The number of carboxylic acid groups (broad SMARTS) is 1. The third kappa shape index (κ3) is 2.05. The molecule has 0 aliphatic carbocycles. The lowest BCUT2D eigenvalue weighted by Gasteiger charge is -2.28. The van der Waals surface area contributed by atoms with Crippen molar-refractivity contribution in [3.8, 4) is 0 Å². The van der Waals surface area contributed by atoms with Gasteiger partial charge in [0.1, 0.15) is 17.7 Å². The molecule has 3 rings (SSSR count). The Morgan fingerprint density at radius 3 is 2.95 bits per heavy atom. The molecule has 2 heterocycles. The first-order chi connectivity index (χ1) is 9.56. The van der Waals surface area contributed by atoms with Gasteiger partial charge in [-0.1, -0.05) is 0 Å². The molecule has 1 aromatic carbocycles. The van der Waals surface area contributed by atoms with E-state index in [2.05, 4.69) is 15.3 Å². The molecule has 3 N–H and O–H groups in total. The first-order valence-corrected chi connectivity index (χ1v) is 6.02. The van der Waals surface area contributed by atoms with E-state index in [9.17, 15) is 13.6 Å². The number of aliphatic carboxylic acids is 1. The zero-order chi connectivity index (χ0) is 14.3. The second-order valence-corrected chi connectivity index (χ2v) is 4.63. The topological polar surface area (TPSA) is 78.0 Å². The molecule has 0 amide bonds. The number of carboxylic acids is 1. The van der Waals surface area contributed by atoms with Gasteiger partial charge in [-0.15, -0.1) is 0 Å². The fourth-order valence-corrected chi connectivity index (χ4v) is 2.42. The monoisotopic (exact) mass is 279 g/mol. The predicted octanol–water partition coefficient (Wildman–Crippen LogP) is 1.38. The van der Waals surface area contributed by atoms with E-state index in [1.54, 1.807) is 0 Å². The number of hydrogen-bond acceptors (Lipinski definition) is 3. The van der Waals surface area contributed by atoms with E-state index >= 15 is 0 Å². The van der Waals surface area contributed by atoms with Crippen molar-refractivity contribution in [2.24, 2.45) is 0 Å². The van der Waals surface area contributed by atoms with Crippen LogP contribution in [0.1, 0.15) is 23.0 Å². The highest BCUT2D eigenvalue weighted by atomic mass is 19.1. The lowest BCUT2D eigenvalue weighted by atomic mass is 9.93. The van der Waals surface area contributed by atoms with Crippen LogP contribution in [-0.2, 0) is 11.2 Å². The number of hydrogen-bond donors (Lipinski definition) is 3. The fraction of sp³-hybridized carbons (Fsp3) is 0.231. The third-order valence-electron chi connectivity index (χ3n) is 3.37. The number of H-pyrrole nitrogens is 1. The maximum atomic E-state index is 13.9. The van der Waals surface area contributed by atoms with Crippen molar-refractivity contribution in [3.63, 3.8) is 0 Å². The summed E-state index contributed by atoms with van der Waals surface area (Å²) in [5.74, 6) is -2.24. The lowest BCUT2D eigenvalue weighted by Crippen LogP contribution is -2.45. The van der Waals surface area contributed by atoms with Crippen LogP contribution in [-0.4, -0.2) is 27.1 Å². The number of halogens is 2. The van der Waals surface area contributed by atoms with E-state index in [1.807, 2.05) is 0 Å². The van der Waals surface area contributed by atoms with Gasteiger partial charge in [0.25, 0.3) is 0 Å². The minimum absolute atomic E-state index is 0.0456. The van der Waals surface area contributed by atoms with E-state index in [0.29, 0.717) is 11.4 Å². The first kappa shape index (κ1) is 12.7. The van der Waals surface area contributed by atoms with Gasteiger partial charge >= 0.3 is 5.97 Å². The molecule has 0 saturated heterocycles. The van der Waals surface area contributed by atoms with Gasteiger partial charge in [-0.25, -0.2) is 13.8 Å². The average Bonchev–Trinajstić information content (AvgIpc) is 2.88. The Labute approximate surface area is 112 Å². The van der Waals surface area contributed by atoms with Crippen molar-refractivity contribution in [1.29, 1.82) is 0 Å². The molecule has 0 bridgehead atoms. The summed E-state index contributed by atoms with van der Waals surface area (Å²) in [5.41, 5.74) is 1.15. The zero-order valence-electron chi connectivity index (χ0n) is 10.2. The van der Waals surface area contributed by atoms with Gasteiger partial charge in [0.15, 0.2) is 0 Å². The number of fused-ring (bicyclic) bond motifs is 1. The molecule has 5 nitrogen and oxygen atoms in total. The molecule has 2 aromatic rings. The zero-order valence-corrected chi connectivity index (χ0v) is 10.2. The van der Waals surface area contributed by atoms with Crippen molar-refractivity contribution >= 4 is 5.97 Å². The molecule has 2 atom stereocenters. The highest BCUT2D eigenvalue weighted by molar-refractivity contribution is 5.74. The highest BCUT2D eigenvalue weighted by Crippen LogP contribution is 2.30. The van der Waals surface area contributed by atoms with Gasteiger partial charge in [0, 0.05) is 17.7 Å². The second kappa shape index (κ2) is 4.68. The Bertz CT molecular complexity index is 671. The van der Waals surface area contributed by atoms with Gasteiger partial charge in [-0.2, -0.15) is 0 Å². The number of nitrogens with zero attached hydrogens (tertiary/aromatic N) is 1. The molecule has 0 radical (unpaired) electrons. The summed E-state index contributed by atoms with van der Waals surface area (Å²) in [6, 6.07) is 1.41. The van der Waals surface area contributed by atoms with Crippen molar-refractivity contribution in [3.05, 3.63) is 53.1 Å². The molecule has 104 valence electrons. The smallest absolute Gasteiger partial charge is 0.321 e. The summed E-state index contributed by atoms with van der Waals surface area (Å²) >= 11 is 0. The van der Waals surface area contributed by atoms with Gasteiger partial charge in [-0.3, -0.25) is 10.1 Å².